The van der Waals surface area contributed by atoms with Gasteiger partial charge in [0, 0.05) is 24.2 Å². The highest BCUT2D eigenvalue weighted by atomic mass is 32.2. The predicted molar refractivity (Wildman–Crippen MR) is 107 cm³/mol. The van der Waals surface area contributed by atoms with Crippen LogP contribution in [0.25, 0.3) is 11.5 Å². The second kappa shape index (κ2) is 8.33. The molecule has 1 N–H and O–H groups in total. The van der Waals surface area contributed by atoms with Crippen LogP contribution >= 0.6 is 0 Å². The van der Waals surface area contributed by atoms with Gasteiger partial charge in [-0.1, -0.05) is 17.6 Å². The van der Waals surface area contributed by atoms with Gasteiger partial charge in [-0.25, -0.2) is 12.8 Å². The largest absolute Gasteiger partial charge is 0.403 e. The molecule has 1 aromatic heterocycles. The van der Waals surface area contributed by atoms with E-state index in [1.807, 2.05) is 0 Å². The summed E-state index contributed by atoms with van der Waals surface area (Å²) in [6.07, 6.45) is 2.73. The molecule has 10 heteroatoms. The Hall–Kier alpha value is -3.11. The first-order valence-electron chi connectivity index (χ1n) is 9.44. The quantitative estimate of drug-likeness (QED) is 0.666. The van der Waals surface area contributed by atoms with Gasteiger partial charge < -0.3 is 4.42 Å². The zero-order chi connectivity index (χ0) is 21.1. The van der Waals surface area contributed by atoms with E-state index in [9.17, 15) is 17.6 Å². The number of hydrogen-bond donors (Lipinski definition) is 1. The number of amides is 1. The number of anilines is 1. The number of nitrogens with zero attached hydrogens (tertiary/aromatic N) is 3. The third kappa shape index (κ3) is 4.24. The average Bonchev–Trinajstić information content (AvgIpc) is 3.23. The van der Waals surface area contributed by atoms with Gasteiger partial charge in [0.05, 0.1) is 4.90 Å². The van der Waals surface area contributed by atoms with Gasteiger partial charge in [-0.05, 0) is 55.3 Å². The number of carbonyl (C=O) groups excluding carboxylic acids is 1. The molecule has 0 saturated carbocycles. The minimum absolute atomic E-state index is 0.0628. The first-order valence-corrected chi connectivity index (χ1v) is 10.9. The molecule has 1 aliphatic rings. The summed E-state index contributed by atoms with van der Waals surface area (Å²) < 4.78 is 45.5. The minimum atomic E-state index is -3.56. The van der Waals surface area contributed by atoms with Gasteiger partial charge in [0.1, 0.15) is 5.82 Å². The van der Waals surface area contributed by atoms with Crippen molar-refractivity contribution in [3.8, 4) is 11.5 Å². The Kier molecular flexibility index (Phi) is 5.60. The molecule has 3 aromatic rings. The molecule has 0 radical (unpaired) electrons. The molecular formula is C20H19FN4O4S. The van der Waals surface area contributed by atoms with Crippen LogP contribution in [-0.4, -0.2) is 41.9 Å². The van der Waals surface area contributed by atoms with Crippen molar-refractivity contribution in [3.63, 3.8) is 0 Å². The second-order valence-electron chi connectivity index (χ2n) is 6.87. The average molecular weight is 430 g/mol. The molecule has 8 nitrogen and oxygen atoms in total. The molecule has 156 valence electrons. The lowest BCUT2D eigenvalue weighted by Gasteiger charge is -2.25. The second-order valence-corrected chi connectivity index (χ2v) is 8.80. The van der Waals surface area contributed by atoms with E-state index in [-0.39, 0.29) is 22.4 Å². The fourth-order valence-electron chi connectivity index (χ4n) is 3.21. The molecule has 1 fully saturated rings. The summed E-state index contributed by atoms with van der Waals surface area (Å²) in [4.78, 5) is 12.6. The molecule has 0 bridgehead atoms. The number of rotatable bonds is 5. The molecule has 2 aromatic carbocycles. The van der Waals surface area contributed by atoms with Crippen molar-refractivity contribution in [1.29, 1.82) is 0 Å². The predicted octanol–water partition coefficient (Wildman–Crippen LogP) is 3.30. The number of carbonyl (C=O) groups is 1. The Labute approximate surface area is 172 Å². The fourth-order valence-corrected chi connectivity index (χ4v) is 4.73. The van der Waals surface area contributed by atoms with Crippen LogP contribution in [0.3, 0.4) is 0 Å². The molecule has 1 aliphatic heterocycles. The zero-order valence-corrected chi connectivity index (χ0v) is 16.7. The molecule has 0 spiro atoms. The molecule has 4 rings (SSSR count). The van der Waals surface area contributed by atoms with Gasteiger partial charge in [0.25, 0.3) is 5.91 Å². The molecule has 0 aliphatic carbocycles. The standard InChI is InChI=1S/C20H19FN4O4S/c21-16-6-4-5-15(13-16)19-23-24-20(29-19)22-18(26)14-7-9-17(10-8-14)30(27,28)25-11-2-1-3-12-25/h4-10,13H,1-3,11-12H2,(H,22,24,26). The van der Waals surface area contributed by atoms with Crippen LogP contribution in [0.2, 0.25) is 0 Å². The Balaban J connectivity index is 1.45. The molecule has 0 unspecified atom stereocenters. The van der Waals surface area contributed by atoms with Crippen molar-refractivity contribution < 1.29 is 22.0 Å². The lowest BCUT2D eigenvalue weighted by molar-refractivity contribution is 0.102. The van der Waals surface area contributed by atoms with Crippen molar-refractivity contribution in [2.45, 2.75) is 24.2 Å². The third-order valence-corrected chi connectivity index (χ3v) is 6.70. The van der Waals surface area contributed by atoms with E-state index in [1.54, 1.807) is 6.07 Å². The van der Waals surface area contributed by atoms with Gasteiger partial charge in [-0.3, -0.25) is 10.1 Å². The Morgan fingerprint density at radius 3 is 2.47 bits per heavy atom. The third-order valence-electron chi connectivity index (χ3n) is 4.79. The molecular weight excluding hydrogens is 411 g/mol. The van der Waals surface area contributed by atoms with Gasteiger partial charge in [0.15, 0.2) is 0 Å². The number of piperidine rings is 1. The van der Waals surface area contributed by atoms with Crippen LogP contribution in [0.5, 0.6) is 0 Å². The van der Waals surface area contributed by atoms with Crippen LogP contribution in [0.15, 0.2) is 57.8 Å². The highest BCUT2D eigenvalue weighted by molar-refractivity contribution is 7.89. The Morgan fingerprint density at radius 1 is 1.03 bits per heavy atom. The number of benzene rings is 2. The maximum atomic E-state index is 13.3. The lowest BCUT2D eigenvalue weighted by atomic mass is 10.2. The maximum Gasteiger partial charge on any atom is 0.322 e. The van der Waals surface area contributed by atoms with E-state index in [4.69, 9.17) is 4.42 Å². The van der Waals surface area contributed by atoms with E-state index >= 15 is 0 Å². The van der Waals surface area contributed by atoms with Crippen molar-refractivity contribution in [3.05, 3.63) is 59.9 Å². The monoisotopic (exact) mass is 430 g/mol. The van der Waals surface area contributed by atoms with Crippen LogP contribution in [0.1, 0.15) is 29.6 Å². The van der Waals surface area contributed by atoms with Crippen LogP contribution < -0.4 is 5.32 Å². The van der Waals surface area contributed by atoms with Crippen LogP contribution in [0.4, 0.5) is 10.4 Å². The van der Waals surface area contributed by atoms with E-state index < -0.39 is 21.7 Å². The smallest absolute Gasteiger partial charge is 0.322 e. The number of hydrogen-bond acceptors (Lipinski definition) is 6. The first kappa shape index (κ1) is 20.2. The molecule has 1 saturated heterocycles. The minimum Gasteiger partial charge on any atom is -0.403 e. The summed E-state index contributed by atoms with van der Waals surface area (Å²) >= 11 is 0. The molecule has 0 atom stereocenters. The van der Waals surface area contributed by atoms with E-state index in [2.05, 4.69) is 15.5 Å². The van der Waals surface area contributed by atoms with E-state index in [0.29, 0.717) is 18.7 Å². The van der Waals surface area contributed by atoms with Gasteiger partial charge in [-0.2, -0.15) is 4.31 Å². The summed E-state index contributed by atoms with van der Waals surface area (Å²) in [7, 11) is -3.56. The summed E-state index contributed by atoms with van der Waals surface area (Å²) in [5.74, 6) is -0.921. The van der Waals surface area contributed by atoms with E-state index in [1.165, 1.54) is 46.8 Å². The lowest BCUT2D eigenvalue weighted by Crippen LogP contribution is -2.35. The van der Waals surface area contributed by atoms with Crippen LogP contribution in [0, 0.1) is 5.82 Å². The van der Waals surface area contributed by atoms with Gasteiger partial charge in [-0.15, -0.1) is 5.10 Å². The number of aromatic nitrogens is 2. The summed E-state index contributed by atoms with van der Waals surface area (Å²) in [5.41, 5.74) is 0.619. The highest BCUT2D eigenvalue weighted by Crippen LogP contribution is 2.22. The summed E-state index contributed by atoms with van der Waals surface area (Å²) in [5, 5.41) is 9.97. The SMILES string of the molecule is O=C(Nc1nnc(-c2cccc(F)c2)o1)c1ccc(S(=O)(=O)N2CCCCC2)cc1. The van der Waals surface area contributed by atoms with Crippen molar-refractivity contribution >= 4 is 21.9 Å². The van der Waals surface area contributed by atoms with Crippen molar-refractivity contribution in [1.82, 2.24) is 14.5 Å². The normalized spacial score (nSPS) is 15.1. The highest BCUT2D eigenvalue weighted by Gasteiger charge is 2.26. The van der Waals surface area contributed by atoms with E-state index in [0.717, 1.165) is 19.3 Å². The fraction of sp³-hybridized carbons (Fsp3) is 0.250. The Morgan fingerprint density at radius 2 is 1.77 bits per heavy atom. The van der Waals surface area contributed by atoms with Crippen LogP contribution in [-0.2, 0) is 10.0 Å². The molecule has 30 heavy (non-hydrogen) atoms. The van der Waals surface area contributed by atoms with Gasteiger partial charge >= 0.3 is 6.01 Å². The zero-order valence-electron chi connectivity index (χ0n) is 15.9. The number of halogens is 1. The first-order chi connectivity index (χ1) is 14.4. The molecule has 2 heterocycles. The summed E-state index contributed by atoms with van der Waals surface area (Å²) in [6, 6.07) is 11.2. The van der Waals surface area contributed by atoms with Crippen molar-refractivity contribution in [2.75, 3.05) is 18.4 Å². The number of sulfonamides is 1. The summed E-state index contributed by atoms with van der Waals surface area (Å²) in [6.45, 7) is 1.02. The topological polar surface area (TPSA) is 105 Å². The molecule has 1 amide bonds. The Bertz CT molecular complexity index is 1160. The van der Waals surface area contributed by atoms with Crippen molar-refractivity contribution in [2.24, 2.45) is 0 Å². The maximum absolute atomic E-state index is 13.3. The number of nitrogens with one attached hydrogen (secondary N) is 1. The van der Waals surface area contributed by atoms with Gasteiger partial charge in [0.2, 0.25) is 15.9 Å².